The maximum Gasteiger partial charge on any atom is 0.130 e. The van der Waals surface area contributed by atoms with E-state index < -0.39 is 0 Å². The highest BCUT2D eigenvalue weighted by atomic mass is 16.5. The van der Waals surface area contributed by atoms with Crippen LogP contribution in [0.4, 0.5) is 0 Å². The Bertz CT molecular complexity index is 432. The van der Waals surface area contributed by atoms with Crippen molar-refractivity contribution < 1.29 is 9.47 Å². The van der Waals surface area contributed by atoms with Crippen molar-refractivity contribution in [3.05, 3.63) is 22.9 Å². The van der Waals surface area contributed by atoms with Gasteiger partial charge in [-0.2, -0.15) is 10.5 Å². The van der Waals surface area contributed by atoms with Gasteiger partial charge in [-0.15, -0.1) is 0 Å². The highest BCUT2D eigenvalue weighted by Crippen LogP contribution is 2.22. The minimum absolute atomic E-state index is 0.126. The Morgan fingerprint density at radius 3 is 2.50 bits per heavy atom. The number of hydrogen-bond acceptors (Lipinski definition) is 5. The summed E-state index contributed by atoms with van der Waals surface area (Å²) in [5, 5.41) is 17.6. The summed E-state index contributed by atoms with van der Waals surface area (Å²) in [7, 11) is 0. The molecule has 2 aliphatic heterocycles. The lowest BCUT2D eigenvalue weighted by atomic mass is 10.1. The summed E-state index contributed by atoms with van der Waals surface area (Å²) in [6.07, 6.45) is 2.47. The first-order valence-electron chi connectivity index (χ1n) is 5.99. The van der Waals surface area contributed by atoms with E-state index in [4.69, 9.17) is 20.0 Å². The van der Waals surface area contributed by atoms with Gasteiger partial charge in [-0.3, -0.25) is 0 Å². The van der Waals surface area contributed by atoms with Gasteiger partial charge < -0.3 is 14.4 Å². The van der Waals surface area contributed by atoms with E-state index >= 15 is 0 Å². The van der Waals surface area contributed by atoms with Crippen molar-refractivity contribution in [1.29, 1.82) is 10.5 Å². The lowest BCUT2D eigenvalue weighted by Gasteiger charge is -2.34. The first-order chi connectivity index (χ1) is 8.85. The van der Waals surface area contributed by atoms with E-state index in [-0.39, 0.29) is 5.57 Å². The van der Waals surface area contributed by atoms with Crippen LogP contribution >= 0.6 is 0 Å². The molecule has 0 aromatic heterocycles. The number of hydrogen-bond donors (Lipinski definition) is 0. The number of morpholine rings is 1. The average Bonchev–Trinajstić information content (AvgIpc) is 2.46. The molecule has 1 fully saturated rings. The van der Waals surface area contributed by atoms with Crippen molar-refractivity contribution in [3.8, 4) is 12.1 Å². The molecule has 0 aromatic rings. The molecule has 18 heavy (non-hydrogen) atoms. The van der Waals surface area contributed by atoms with Crippen molar-refractivity contribution in [2.45, 2.75) is 6.42 Å². The van der Waals surface area contributed by atoms with E-state index in [1.165, 1.54) is 5.70 Å². The van der Waals surface area contributed by atoms with Gasteiger partial charge in [0.25, 0.3) is 0 Å². The van der Waals surface area contributed by atoms with Crippen molar-refractivity contribution in [2.24, 2.45) is 0 Å². The summed E-state index contributed by atoms with van der Waals surface area (Å²) in [5.74, 6) is 0. The van der Waals surface area contributed by atoms with Gasteiger partial charge in [-0.25, -0.2) is 0 Å². The van der Waals surface area contributed by atoms with Gasteiger partial charge in [-0.05, 0) is 11.6 Å². The summed E-state index contributed by atoms with van der Waals surface area (Å²) in [4.78, 5) is 2.27. The van der Waals surface area contributed by atoms with Gasteiger partial charge in [0, 0.05) is 25.2 Å². The maximum absolute atomic E-state index is 8.82. The molecule has 0 amide bonds. The zero-order chi connectivity index (χ0) is 12.8. The largest absolute Gasteiger partial charge is 0.378 e. The number of rotatable bonds is 2. The second kappa shape index (κ2) is 6.20. The molecule has 0 unspecified atom stereocenters. The minimum atomic E-state index is 0.126. The molecule has 0 aromatic carbocycles. The summed E-state index contributed by atoms with van der Waals surface area (Å²) in [6.45, 7) is 4.34. The predicted octanol–water partition coefficient (Wildman–Crippen LogP) is 0.967. The summed E-state index contributed by atoms with van der Waals surface area (Å²) < 4.78 is 10.7. The van der Waals surface area contributed by atoms with E-state index in [1.54, 1.807) is 6.08 Å². The number of ether oxygens (including phenoxy) is 2. The molecular weight excluding hydrogens is 230 g/mol. The van der Waals surface area contributed by atoms with Gasteiger partial charge in [0.1, 0.15) is 17.7 Å². The Morgan fingerprint density at radius 1 is 1.11 bits per heavy atom. The van der Waals surface area contributed by atoms with Crippen LogP contribution < -0.4 is 0 Å². The second-order valence-corrected chi connectivity index (χ2v) is 4.16. The van der Waals surface area contributed by atoms with Gasteiger partial charge >= 0.3 is 0 Å². The van der Waals surface area contributed by atoms with Crippen LogP contribution in [0, 0.1) is 22.7 Å². The van der Waals surface area contributed by atoms with E-state index in [9.17, 15) is 0 Å². The topological polar surface area (TPSA) is 69.3 Å². The standard InChI is InChI=1S/C13H15N3O2/c14-8-11(9-15)7-12-10-18-4-1-13(12)16-2-5-17-6-3-16/h7H,1-6,10H2. The van der Waals surface area contributed by atoms with E-state index in [1.807, 2.05) is 12.1 Å². The third-order valence-corrected chi connectivity index (χ3v) is 3.06. The van der Waals surface area contributed by atoms with Crippen LogP contribution in [0.3, 0.4) is 0 Å². The Hall–Kier alpha value is -1.82. The lowest BCUT2D eigenvalue weighted by molar-refractivity contribution is 0.0440. The smallest absolute Gasteiger partial charge is 0.130 e. The average molecular weight is 245 g/mol. The highest BCUT2D eigenvalue weighted by molar-refractivity contribution is 5.43. The van der Waals surface area contributed by atoms with Crippen LogP contribution in [0.5, 0.6) is 0 Å². The SMILES string of the molecule is N#CC(C#N)=CC1=C(N2CCOCC2)CCOC1. The fraction of sp³-hybridized carbons (Fsp3) is 0.538. The molecule has 0 radical (unpaired) electrons. The van der Waals surface area contributed by atoms with Crippen LogP contribution in [0.1, 0.15) is 6.42 Å². The van der Waals surface area contributed by atoms with Gasteiger partial charge in [0.15, 0.2) is 0 Å². The molecule has 1 saturated heterocycles. The molecule has 5 nitrogen and oxygen atoms in total. The van der Waals surface area contributed by atoms with Crippen LogP contribution in [0.2, 0.25) is 0 Å². The molecule has 0 aliphatic carbocycles. The van der Waals surface area contributed by atoms with Crippen LogP contribution in [0.25, 0.3) is 0 Å². The number of allylic oxidation sites excluding steroid dienone is 1. The molecule has 5 heteroatoms. The van der Waals surface area contributed by atoms with Gasteiger partial charge in [-0.1, -0.05) is 0 Å². The summed E-state index contributed by atoms with van der Waals surface area (Å²) >= 11 is 0. The number of nitriles is 2. The Balaban J connectivity index is 2.26. The summed E-state index contributed by atoms with van der Waals surface area (Å²) in [6, 6.07) is 3.78. The van der Waals surface area contributed by atoms with Crippen LogP contribution in [-0.2, 0) is 9.47 Å². The van der Waals surface area contributed by atoms with E-state index in [0.29, 0.717) is 13.2 Å². The van der Waals surface area contributed by atoms with Crippen molar-refractivity contribution in [2.75, 3.05) is 39.5 Å². The molecule has 2 rings (SSSR count). The molecule has 0 N–H and O–H groups in total. The van der Waals surface area contributed by atoms with Crippen LogP contribution in [-0.4, -0.2) is 44.4 Å². The van der Waals surface area contributed by atoms with Crippen molar-refractivity contribution >= 4 is 0 Å². The zero-order valence-corrected chi connectivity index (χ0v) is 10.2. The molecule has 2 aliphatic rings. The quantitative estimate of drug-likeness (QED) is 0.678. The van der Waals surface area contributed by atoms with E-state index in [0.717, 1.165) is 38.3 Å². The first kappa shape index (κ1) is 12.6. The van der Waals surface area contributed by atoms with Crippen LogP contribution in [0.15, 0.2) is 22.9 Å². The third-order valence-electron chi connectivity index (χ3n) is 3.06. The van der Waals surface area contributed by atoms with Crippen molar-refractivity contribution in [1.82, 2.24) is 4.90 Å². The summed E-state index contributed by atoms with van der Waals surface area (Å²) in [5.41, 5.74) is 2.26. The molecule has 94 valence electrons. The maximum atomic E-state index is 8.82. The third kappa shape index (κ3) is 2.89. The Kier molecular flexibility index (Phi) is 4.35. The molecular formula is C13H15N3O2. The minimum Gasteiger partial charge on any atom is -0.378 e. The molecule has 0 saturated carbocycles. The molecule has 0 atom stereocenters. The monoisotopic (exact) mass is 245 g/mol. The predicted molar refractivity (Wildman–Crippen MR) is 64.2 cm³/mol. The molecule has 2 heterocycles. The molecule has 0 spiro atoms. The van der Waals surface area contributed by atoms with Gasteiger partial charge in [0.2, 0.25) is 0 Å². The number of nitrogens with zero attached hydrogens (tertiary/aromatic N) is 3. The zero-order valence-electron chi connectivity index (χ0n) is 10.2. The first-order valence-corrected chi connectivity index (χ1v) is 5.99. The second-order valence-electron chi connectivity index (χ2n) is 4.16. The molecule has 0 bridgehead atoms. The fourth-order valence-corrected chi connectivity index (χ4v) is 2.18. The normalized spacial score (nSPS) is 20.0. The van der Waals surface area contributed by atoms with Crippen molar-refractivity contribution in [3.63, 3.8) is 0 Å². The Morgan fingerprint density at radius 2 is 1.83 bits per heavy atom. The highest BCUT2D eigenvalue weighted by Gasteiger charge is 2.20. The van der Waals surface area contributed by atoms with Gasteiger partial charge in [0.05, 0.1) is 26.4 Å². The fourth-order valence-electron chi connectivity index (χ4n) is 2.18. The Labute approximate surface area is 106 Å². The van der Waals surface area contributed by atoms with E-state index in [2.05, 4.69) is 4.90 Å². The lowest BCUT2D eigenvalue weighted by Crippen LogP contribution is -2.37.